The van der Waals surface area contributed by atoms with Gasteiger partial charge in [-0.15, -0.1) is 5.10 Å². The van der Waals surface area contributed by atoms with Crippen LogP contribution in [0.3, 0.4) is 0 Å². The van der Waals surface area contributed by atoms with Crippen LogP contribution in [0.15, 0.2) is 71.3 Å². The highest BCUT2D eigenvalue weighted by atomic mass is 35.5. The Morgan fingerprint density at radius 1 is 1.09 bits per heavy atom. The maximum Gasteiger partial charge on any atom is 0.278 e. The van der Waals surface area contributed by atoms with E-state index in [0.29, 0.717) is 34.3 Å². The lowest BCUT2D eigenvalue weighted by Gasteiger charge is -2.07. The third kappa shape index (κ3) is 4.11. The predicted octanol–water partition coefficient (Wildman–Crippen LogP) is 5.69. The van der Waals surface area contributed by atoms with Gasteiger partial charge in [0.1, 0.15) is 11.3 Å². The number of nitrogens with zero attached hydrogens (tertiary/aromatic N) is 4. The first-order valence-corrected chi connectivity index (χ1v) is 11.0. The monoisotopic (exact) mass is 473 g/mol. The van der Waals surface area contributed by atoms with Gasteiger partial charge in [-0.25, -0.2) is 4.68 Å². The number of hydrogen-bond acceptors (Lipinski definition) is 6. The number of aromatic nitrogens is 4. The number of fused-ring (bicyclic) bond motifs is 1. The van der Waals surface area contributed by atoms with E-state index in [-0.39, 0.29) is 11.6 Å². The Morgan fingerprint density at radius 2 is 1.85 bits per heavy atom. The Morgan fingerprint density at radius 3 is 2.59 bits per heavy atom. The lowest BCUT2D eigenvalue weighted by molar-refractivity contribution is 0.102. The smallest absolute Gasteiger partial charge is 0.278 e. The van der Waals surface area contributed by atoms with E-state index < -0.39 is 0 Å². The van der Waals surface area contributed by atoms with E-state index in [2.05, 4.69) is 20.8 Å². The van der Waals surface area contributed by atoms with Crippen molar-refractivity contribution < 1.29 is 14.1 Å². The van der Waals surface area contributed by atoms with Gasteiger partial charge < -0.3 is 14.6 Å². The second kappa shape index (κ2) is 8.99. The van der Waals surface area contributed by atoms with Crippen molar-refractivity contribution in [3.05, 3.63) is 83.1 Å². The van der Waals surface area contributed by atoms with Gasteiger partial charge in [-0.2, -0.15) is 0 Å². The molecule has 34 heavy (non-hydrogen) atoms. The third-order valence-electron chi connectivity index (χ3n) is 5.34. The molecule has 2 heterocycles. The first-order valence-electron chi connectivity index (χ1n) is 10.7. The van der Waals surface area contributed by atoms with Gasteiger partial charge >= 0.3 is 0 Å². The van der Waals surface area contributed by atoms with Gasteiger partial charge in [0, 0.05) is 16.3 Å². The van der Waals surface area contributed by atoms with Crippen LogP contribution >= 0.6 is 11.6 Å². The van der Waals surface area contributed by atoms with Gasteiger partial charge in [0.2, 0.25) is 0 Å². The minimum absolute atomic E-state index is 0.234. The van der Waals surface area contributed by atoms with Gasteiger partial charge in [0.05, 0.1) is 23.4 Å². The van der Waals surface area contributed by atoms with Crippen LogP contribution in [0.25, 0.3) is 27.9 Å². The van der Waals surface area contributed by atoms with Crippen molar-refractivity contribution in [1.82, 2.24) is 20.2 Å². The predicted molar refractivity (Wildman–Crippen MR) is 130 cm³/mol. The fraction of sp³-hybridized carbons (Fsp3) is 0.120. The summed E-state index contributed by atoms with van der Waals surface area (Å²) in [6.07, 6.45) is 0. The Kier molecular flexibility index (Phi) is 5.73. The molecule has 1 amide bonds. The van der Waals surface area contributed by atoms with Crippen molar-refractivity contribution in [2.75, 3.05) is 11.9 Å². The molecule has 0 atom stereocenters. The molecule has 2 aromatic heterocycles. The molecule has 1 N–H and O–H groups in total. The fourth-order valence-electron chi connectivity index (χ4n) is 3.65. The van der Waals surface area contributed by atoms with Gasteiger partial charge in [0.25, 0.3) is 5.91 Å². The standard InChI is InChI=1S/C25H20ClN5O3/c1-3-33-20-11-8-18(9-12-20)27-25(32)23-15(2)31(30-28-23)19-10-13-22-21(14-19)24(34-29-22)16-4-6-17(26)7-5-16/h4-14H,3H2,1-2H3,(H,27,32). The summed E-state index contributed by atoms with van der Waals surface area (Å²) < 4.78 is 12.6. The van der Waals surface area contributed by atoms with Crippen LogP contribution < -0.4 is 10.1 Å². The zero-order chi connectivity index (χ0) is 23.7. The van der Waals surface area contributed by atoms with Crippen molar-refractivity contribution in [2.45, 2.75) is 13.8 Å². The number of benzene rings is 3. The van der Waals surface area contributed by atoms with E-state index >= 15 is 0 Å². The molecule has 0 fully saturated rings. The molecule has 0 radical (unpaired) electrons. The van der Waals surface area contributed by atoms with Crippen LogP contribution in [0.2, 0.25) is 5.02 Å². The van der Waals surface area contributed by atoms with Crippen molar-refractivity contribution in [2.24, 2.45) is 0 Å². The Balaban J connectivity index is 1.43. The second-order valence-electron chi connectivity index (χ2n) is 7.57. The summed E-state index contributed by atoms with van der Waals surface area (Å²) in [5.41, 5.74) is 3.77. The second-order valence-corrected chi connectivity index (χ2v) is 8.00. The lowest BCUT2D eigenvalue weighted by atomic mass is 10.1. The minimum atomic E-state index is -0.346. The molecule has 5 rings (SSSR count). The van der Waals surface area contributed by atoms with Gasteiger partial charge in [-0.05, 0) is 80.6 Å². The van der Waals surface area contributed by atoms with E-state index in [1.807, 2.05) is 37.3 Å². The number of carbonyl (C=O) groups is 1. The highest BCUT2D eigenvalue weighted by Crippen LogP contribution is 2.31. The first kappa shape index (κ1) is 21.7. The fourth-order valence-corrected chi connectivity index (χ4v) is 3.77. The first-order chi connectivity index (χ1) is 16.5. The molecule has 9 heteroatoms. The maximum atomic E-state index is 12.8. The molecule has 170 valence electrons. The molecule has 8 nitrogen and oxygen atoms in total. The molecule has 0 saturated heterocycles. The van der Waals surface area contributed by atoms with E-state index in [9.17, 15) is 4.79 Å². The molecular formula is C25H20ClN5O3. The lowest BCUT2D eigenvalue weighted by Crippen LogP contribution is -2.14. The number of carbonyl (C=O) groups excluding carboxylic acids is 1. The van der Waals surface area contributed by atoms with Crippen molar-refractivity contribution in [3.63, 3.8) is 0 Å². The number of anilines is 1. The topological polar surface area (TPSA) is 95.1 Å². The average molecular weight is 474 g/mol. The molecule has 0 aliphatic heterocycles. The van der Waals surface area contributed by atoms with Crippen LogP contribution in [0.4, 0.5) is 5.69 Å². The van der Waals surface area contributed by atoms with Gasteiger partial charge in [0.15, 0.2) is 11.5 Å². The molecule has 0 unspecified atom stereocenters. The van der Waals surface area contributed by atoms with E-state index in [1.54, 1.807) is 48.0 Å². The Bertz CT molecular complexity index is 1470. The van der Waals surface area contributed by atoms with Crippen molar-refractivity contribution >= 4 is 34.1 Å². The summed E-state index contributed by atoms with van der Waals surface area (Å²) in [6, 6.07) is 20.1. The van der Waals surface area contributed by atoms with Crippen LogP contribution in [0, 0.1) is 6.92 Å². The number of amides is 1. The summed E-state index contributed by atoms with van der Waals surface area (Å²) in [4.78, 5) is 12.8. The highest BCUT2D eigenvalue weighted by molar-refractivity contribution is 6.30. The molecule has 0 bridgehead atoms. The Labute approximate surface area is 200 Å². The SMILES string of the molecule is CCOc1ccc(NC(=O)c2nnn(-c3ccc4noc(-c5ccc(Cl)cc5)c4c3)c2C)cc1. The maximum absolute atomic E-state index is 12.8. The Hall–Kier alpha value is -4.17. The van der Waals surface area contributed by atoms with E-state index in [4.69, 9.17) is 20.9 Å². The van der Waals surface area contributed by atoms with Crippen LogP contribution in [-0.2, 0) is 0 Å². The number of halogens is 1. The molecule has 0 spiro atoms. The number of hydrogen-bond donors (Lipinski definition) is 1. The number of ether oxygens (including phenoxy) is 1. The molecule has 0 aliphatic rings. The van der Waals surface area contributed by atoms with Gasteiger partial charge in [-0.3, -0.25) is 4.79 Å². The van der Waals surface area contributed by atoms with E-state index in [1.165, 1.54) is 0 Å². The van der Waals surface area contributed by atoms with Crippen molar-refractivity contribution in [1.29, 1.82) is 0 Å². The van der Waals surface area contributed by atoms with Gasteiger partial charge in [-0.1, -0.05) is 22.0 Å². The molecular weight excluding hydrogens is 454 g/mol. The van der Waals surface area contributed by atoms with Crippen LogP contribution in [0.5, 0.6) is 5.75 Å². The zero-order valence-corrected chi connectivity index (χ0v) is 19.2. The molecule has 5 aromatic rings. The summed E-state index contributed by atoms with van der Waals surface area (Å²) in [5, 5.41) is 16.8. The summed E-state index contributed by atoms with van der Waals surface area (Å²) in [7, 11) is 0. The average Bonchev–Trinajstić information content (AvgIpc) is 3.44. The molecule has 0 saturated carbocycles. The number of nitrogens with one attached hydrogen (secondary N) is 1. The number of rotatable bonds is 6. The summed E-state index contributed by atoms with van der Waals surface area (Å²) in [6.45, 7) is 4.29. The van der Waals surface area contributed by atoms with E-state index in [0.717, 1.165) is 22.4 Å². The van der Waals surface area contributed by atoms with Crippen LogP contribution in [0.1, 0.15) is 23.1 Å². The highest BCUT2D eigenvalue weighted by Gasteiger charge is 2.19. The largest absolute Gasteiger partial charge is 0.494 e. The molecule has 3 aromatic carbocycles. The normalized spacial score (nSPS) is 11.0. The minimum Gasteiger partial charge on any atom is -0.494 e. The molecule has 0 aliphatic carbocycles. The summed E-state index contributed by atoms with van der Waals surface area (Å²) in [5.74, 6) is 1.02. The van der Waals surface area contributed by atoms with Crippen molar-refractivity contribution in [3.8, 4) is 22.8 Å². The summed E-state index contributed by atoms with van der Waals surface area (Å²) >= 11 is 6.01. The third-order valence-corrected chi connectivity index (χ3v) is 5.60. The quantitative estimate of drug-likeness (QED) is 0.340. The zero-order valence-electron chi connectivity index (χ0n) is 18.4. The van der Waals surface area contributed by atoms with Crippen LogP contribution in [-0.4, -0.2) is 32.7 Å².